The van der Waals surface area contributed by atoms with Gasteiger partial charge in [-0.2, -0.15) is 0 Å². The van der Waals surface area contributed by atoms with E-state index in [2.05, 4.69) is 26.1 Å². The van der Waals surface area contributed by atoms with E-state index < -0.39 is 32.9 Å². The number of benzene rings is 2. The summed E-state index contributed by atoms with van der Waals surface area (Å²) in [4.78, 5) is 41.0. The summed E-state index contributed by atoms with van der Waals surface area (Å²) in [6.07, 6.45) is 1.03. The van der Waals surface area contributed by atoms with Gasteiger partial charge in [-0.15, -0.1) is 0 Å². The number of nitro groups is 2. The predicted molar refractivity (Wildman–Crippen MR) is 107 cm³/mol. The van der Waals surface area contributed by atoms with E-state index in [1.54, 1.807) is 0 Å². The highest BCUT2D eigenvalue weighted by molar-refractivity contribution is 5.98. The minimum atomic E-state index is -0.888. The molecule has 13 heteroatoms. The average Bonchev–Trinajstić information content (AvgIpc) is 2.76. The third-order valence-electron chi connectivity index (χ3n) is 4.02. The molecule has 0 atom stereocenters. The normalized spacial score (nSPS) is 10.2. The molecular formula is C18H14FN7O5. The van der Waals surface area contributed by atoms with Gasteiger partial charge in [0.25, 0.3) is 11.6 Å². The fraction of sp³-hybridized carbons (Fsp3) is 0.0556. The Balaban J connectivity index is 1.78. The number of nitrogens with zero attached hydrogens (tertiary/aromatic N) is 4. The van der Waals surface area contributed by atoms with Crippen molar-refractivity contribution < 1.29 is 19.0 Å². The van der Waals surface area contributed by atoms with Crippen LogP contribution >= 0.6 is 0 Å². The largest absolute Gasteiger partial charge is 0.360 e. The molecule has 0 aliphatic carbocycles. The van der Waals surface area contributed by atoms with Gasteiger partial charge in [-0.05, 0) is 23.8 Å². The third kappa shape index (κ3) is 5.03. The molecule has 0 saturated heterocycles. The smallest absolute Gasteiger partial charge is 0.354 e. The highest BCUT2D eigenvalue weighted by Gasteiger charge is 2.25. The summed E-state index contributed by atoms with van der Waals surface area (Å²) >= 11 is 0. The second-order valence-electron chi connectivity index (χ2n) is 6.01. The van der Waals surface area contributed by atoms with E-state index >= 15 is 0 Å². The van der Waals surface area contributed by atoms with Gasteiger partial charge in [0.2, 0.25) is 11.6 Å². The second kappa shape index (κ2) is 9.21. The maximum Gasteiger partial charge on any atom is 0.354 e. The Labute approximate surface area is 173 Å². The molecule has 12 nitrogen and oxygen atoms in total. The lowest BCUT2D eigenvalue weighted by Gasteiger charge is -2.11. The first kappa shape index (κ1) is 21.0. The number of anilines is 2. The first-order valence-corrected chi connectivity index (χ1v) is 8.64. The lowest BCUT2D eigenvalue weighted by atomic mass is 10.2. The summed E-state index contributed by atoms with van der Waals surface area (Å²) in [6.45, 7) is 0.111. The molecule has 0 unspecified atom stereocenters. The average molecular weight is 427 g/mol. The van der Waals surface area contributed by atoms with Crippen molar-refractivity contribution in [3.05, 3.63) is 92.0 Å². The number of carbonyl (C=O) groups excluding carboxylic acids is 1. The number of para-hydroxylation sites is 1. The molecule has 3 aromatic rings. The van der Waals surface area contributed by atoms with Gasteiger partial charge < -0.3 is 5.32 Å². The van der Waals surface area contributed by atoms with Gasteiger partial charge in [0.05, 0.1) is 9.85 Å². The maximum atomic E-state index is 13.0. The van der Waals surface area contributed by atoms with Crippen molar-refractivity contribution in [3.8, 4) is 0 Å². The van der Waals surface area contributed by atoms with E-state index in [-0.39, 0.29) is 23.7 Å². The quantitative estimate of drug-likeness (QED) is 0.362. The van der Waals surface area contributed by atoms with Gasteiger partial charge in [-0.3, -0.25) is 35.9 Å². The summed E-state index contributed by atoms with van der Waals surface area (Å²) in [5, 5.41) is 25.4. The minimum Gasteiger partial charge on any atom is -0.360 e. The minimum absolute atomic E-state index is 0.111. The molecule has 0 saturated carbocycles. The van der Waals surface area contributed by atoms with Crippen LogP contribution in [0.15, 0.2) is 54.9 Å². The Morgan fingerprint density at radius 1 is 0.968 bits per heavy atom. The standard InChI is InChI=1S/C18H14FN7O5/c19-12-7-5-11(6-8-12)9-20-16-15(26(30)31)17(22-10-21-16)23-24-18(27)13-3-1-2-4-14(13)25(28)29/h1-8,10H,9H2,(H,24,27)(H2,20,21,22,23). The molecule has 1 amide bonds. The van der Waals surface area contributed by atoms with Gasteiger partial charge >= 0.3 is 5.69 Å². The van der Waals surface area contributed by atoms with Crippen LogP contribution in [0.4, 0.5) is 27.4 Å². The monoisotopic (exact) mass is 427 g/mol. The number of carbonyl (C=O) groups is 1. The molecule has 158 valence electrons. The van der Waals surface area contributed by atoms with E-state index in [9.17, 15) is 29.4 Å². The van der Waals surface area contributed by atoms with Gasteiger partial charge in [-0.25, -0.2) is 14.4 Å². The molecule has 0 fully saturated rings. The fourth-order valence-corrected chi connectivity index (χ4v) is 2.57. The number of aromatic nitrogens is 2. The van der Waals surface area contributed by atoms with Crippen LogP contribution in [-0.2, 0) is 6.54 Å². The Morgan fingerprint density at radius 3 is 2.32 bits per heavy atom. The van der Waals surface area contributed by atoms with Crippen LogP contribution in [-0.4, -0.2) is 25.7 Å². The van der Waals surface area contributed by atoms with Crippen LogP contribution < -0.4 is 16.2 Å². The van der Waals surface area contributed by atoms with E-state index in [4.69, 9.17) is 0 Å². The summed E-state index contributed by atoms with van der Waals surface area (Å²) in [7, 11) is 0. The number of hydrogen-bond acceptors (Lipinski definition) is 9. The van der Waals surface area contributed by atoms with E-state index in [0.29, 0.717) is 5.56 Å². The molecule has 3 N–H and O–H groups in total. The predicted octanol–water partition coefficient (Wildman–Crippen LogP) is 2.80. The number of rotatable bonds is 8. The zero-order valence-electron chi connectivity index (χ0n) is 15.6. The van der Waals surface area contributed by atoms with Gasteiger partial charge in [-0.1, -0.05) is 24.3 Å². The molecule has 1 heterocycles. The first-order valence-electron chi connectivity index (χ1n) is 8.64. The van der Waals surface area contributed by atoms with Crippen LogP contribution in [0.2, 0.25) is 0 Å². The maximum absolute atomic E-state index is 13.0. The van der Waals surface area contributed by atoms with Crippen molar-refractivity contribution in [1.29, 1.82) is 0 Å². The molecule has 0 aliphatic rings. The first-order chi connectivity index (χ1) is 14.9. The molecule has 0 aliphatic heterocycles. The van der Waals surface area contributed by atoms with Crippen LogP contribution in [0.3, 0.4) is 0 Å². The Hall–Kier alpha value is -4.68. The summed E-state index contributed by atoms with van der Waals surface area (Å²) in [5.74, 6) is -1.79. The molecule has 0 spiro atoms. The number of halogens is 1. The van der Waals surface area contributed by atoms with Gasteiger partial charge in [0, 0.05) is 12.6 Å². The Kier molecular flexibility index (Phi) is 6.25. The third-order valence-corrected chi connectivity index (χ3v) is 4.02. The highest BCUT2D eigenvalue weighted by atomic mass is 19.1. The Bertz CT molecular complexity index is 1140. The van der Waals surface area contributed by atoms with E-state index in [0.717, 1.165) is 12.4 Å². The lowest BCUT2D eigenvalue weighted by molar-refractivity contribution is -0.385. The zero-order chi connectivity index (χ0) is 22.4. The highest BCUT2D eigenvalue weighted by Crippen LogP contribution is 2.29. The number of hydrogen-bond donors (Lipinski definition) is 3. The van der Waals surface area contributed by atoms with Crippen LogP contribution in [0, 0.1) is 26.0 Å². The van der Waals surface area contributed by atoms with Crippen LogP contribution in [0.25, 0.3) is 0 Å². The van der Waals surface area contributed by atoms with Crippen molar-refractivity contribution in [2.75, 3.05) is 10.7 Å². The van der Waals surface area contributed by atoms with Crippen LogP contribution in [0.5, 0.6) is 0 Å². The Morgan fingerprint density at radius 2 is 1.65 bits per heavy atom. The van der Waals surface area contributed by atoms with E-state index in [1.807, 2.05) is 0 Å². The topological polar surface area (TPSA) is 165 Å². The second-order valence-corrected chi connectivity index (χ2v) is 6.01. The van der Waals surface area contributed by atoms with Crippen LogP contribution in [0.1, 0.15) is 15.9 Å². The van der Waals surface area contributed by atoms with E-state index in [1.165, 1.54) is 42.5 Å². The molecule has 1 aromatic heterocycles. The fourth-order valence-electron chi connectivity index (χ4n) is 2.57. The molecular weight excluding hydrogens is 413 g/mol. The summed E-state index contributed by atoms with van der Waals surface area (Å²) < 4.78 is 13.0. The van der Waals surface area contributed by atoms with Gasteiger partial charge in [0.1, 0.15) is 17.7 Å². The van der Waals surface area contributed by atoms with Crippen molar-refractivity contribution in [2.24, 2.45) is 0 Å². The zero-order valence-corrected chi connectivity index (χ0v) is 15.6. The number of nitro benzene ring substituents is 1. The van der Waals surface area contributed by atoms with Crippen molar-refractivity contribution in [3.63, 3.8) is 0 Å². The van der Waals surface area contributed by atoms with Gasteiger partial charge in [0.15, 0.2) is 0 Å². The molecule has 31 heavy (non-hydrogen) atoms. The number of amides is 1. The van der Waals surface area contributed by atoms with Crippen molar-refractivity contribution >= 4 is 28.9 Å². The molecule has 0 radical (unpaired) electrons. The molecule has 0 bridgehead atoms. The molecule has 2 aromatic carbocycles. The molecule has 3 rings (SSSR count). The number of hydrazine groups is 1. The lowest BCUT2D eigenvalue weighted by Crippen LogP contribution is -2.31. The van der Waals surface area contributed by atoms with Crippen molar-refractivity contribution in [1.82, 2.24) is 15.4 Å². The summed E-state index contributed by atoms with van der Waals surface area (Å²) in [5.41, 5.74) is 3.87. The summed E-state index contributed by atoms with van der Waals surface area (Å²) in [6, 6.07) is 10.7. The SMILES string of the molecule is O=C(NNc1ncnc(NCc2ccc(F)cc2)c1[N+](=O)[O-])c1ccccc1[N+](=O)[O-]. The number of nitrogens with one attached hydrogen (secondary N) is 3. The van der Waals surface area contributed by atoms with Crippen molar-refractivity contribution in [2.45, 2.75) is 6.54 Å².